The first kappa shape index (κ1) is 42.3. The fourth-order valence-electron chi connectivity index (χ4n) is 4.05. The van der Waals surface area contributed by atoms with Crippen LogP contribution in [0.25, 0.3) is 0 Å². The van der Waals surface area contributed by atoms with Crippen molar-refractivity contribution < 1.29 is 51.3 Å². The van der Waals surface area contributed by atoms with Crippen molar-refractivity contribution in [2.45, 2.75) is 132 Å². The fraction of sp³-hybridized carbons (Fsp3) is 0.714. The first-order valence-corrected chi connectivity index (χ1v) is 19.2. The molecular weight excluding hydrogens is 675 g/mol. The highest BCUT2D eigenvalue weighted by atomic mass is 32.3. The van der Waals surface area contributed by atoms with Gasteiger partial charge in [-0.05, 0) is 113 Å². The summed E-state index contributed by atoms with van der Waals surface area (Å²) < 4.78 is 61.7. The number of carbonyl (C=O) groups excluding carboxylic acids is 4. The van der Waals surface area contributed by atoms with Gasteiger partial charge in [-0.2, -0.15) is 8.42 Å². The summed E-state index contributed by atoms with van der Waals surface area (Å²) in [5.74, 6) is -2.58. The normalized spacial score (nSPS) is 22.9. The van der Waals surface area contributed by atoms with Gasteiger partial charge in [0.15, 0.2) is 23.7 Å². The van der Waals surface area contributed by atoms with Crippen molar-refractivity contribution in [3.8, 4) is 0 Å². The molecule has 0 spiro atoms. The third-order valence-corrected chi connectivity index (χ3v) is 11.2. The summed E-state index contributed by atoms with van der Waals surface area (Å²) >= 11 is 0. The Kier molecular flexibility index (Phi) is 13.5. The topological polar surface area (TPSA) is 161 Å². The molecule has 278 valence electrons. The second kappa shape index (κ2) is 15.6. The molecule has 14 heteroatoms. The Morgan fingerprint density at radius 3 is 1.51 bits per heavy atom. The van der Waals surface area contributed by atoms with Crippen LogP contribution in [0.1, 0.15) is 95.6 Å². The number of aryl methyl sites for hydroxylation is 1. The van der Waals surface area contributed by atoms with E-state index in [-0.39, 0.29) is 10.6 Å². The third kappa shape index (κ3) is 11.6. The number of hydrogen-bond donors (Lipinski definition) is 0. The summed E-state index contributed by atoms with van der Waals surface area (Å²) in [6, 6.07) is 6.17. The average molecular weight is 730 g/mol. The molecule has 1 aliphatic heterocycles. The molecule has 0 aliphatic carbocycles. The molecule has 2 rings (SSSR count). The lowest BCUT2D eigenvalue weighted by molar-refractivity contribution is -0.246. The highest BCUT2D eigenvalue weighted by Gasteiger charge is 2.55. The molecule has 0 N–H and O–H groups in total. The zero-order valence-corrected chi connectivity index (χ0v) is 33.0. The molecule has 1 aromatic rings. The minimum Gasteiger partial charge on any atom is -0.462 e. The summed E-state index contributed by atoms with van der Waals surface area (Å²) in [5.41, 5.74) is -4.49. The molecule has 1 heterocycles. The monoisotopic (exact) mass is 729 g/mol. The molecule has 1 saturated heterocycles. The van der Waals surface area contributed by atoms with Crippen LogP contribution in [0.3, 0.4) is 0 Å². The first-order chi connectivity index (χ1) is 22.1. The molecule has 49 heavy (non-hydrogen) atoms. The van der Waals surface area contributed by atoms with Gasteiger partial charge in [0.2, 0.25) is 0 Å². The predicted octanol–water partition coefficient (Wildman–Crippen LogP) is 5.69. The molecule has 1 aromatic carbocycles. The van der Waals surface area contributed by atoms with Crippen LogP contribution < -0.4 is 0 Å². The summed E-state index contributed by atoms with van der Waals surface area (Å²) in [6.45, 7) is 22.7. The maximum atomic E-state index is 13.6. The number of ether oxygens (including phenoxy) is 5. The van der Waals surface area contributed by atoms with Gasteiger partial charge < -0.3 is 23.7 Å². The quantitative estimate of drug-likeness (QED) is 0.227. The van der Waals surface area contributed by atoms with E-state index in [1.165, 1.54) is 12.1 Å². The molecule has 12 nitrogen and oxygen atoms in total. The van der Waals surface area contributed by atoms with E-state index in [0.717, 1.165) is 5.56 Å². The minimum absolute atomic E-state index is 0.0496. The van der Waals surface area contributed by atoms with E-state index in [0.29, 0.717) is 0 Å². The summed E-state index contributed by atoms with van der Waals surface area (Å²) in [6.07, 6.45) is -5.69. The molecule has 1 unspecified atom stereocenters. The van der Waals surface area contributed by atoms with Gasteiger partial charge in [-0.1, -0.05) is 24.6 Å². The molecular formula is C35H55NO11S2. The molecule has 0 bridgehead atoms. The van der Waals surface area contributed by atoms with E-state index in [2.05, 4.69) is 3.77 Å². The third-order valence-electron chi connectivity index (χ3n) is 7.23. The van der Waals surface area contributed by atoms with Gasteiger partial charge in [-0.25, -0.2) is 0 Å². The number of benzene rings is 1. The van der Waals surface area contributed by atoms with Crippen LogP contribution in [0.5, 0.6) is 0 Å². The Morgan fingerprint density at radius 1 is 0.694 bits per heavy atom. The Labute approximate surface area is 294 Å². The largest absolute Gasteiger partial charge is 0.462 e. The highest BCUT2D eigenvalue weighted by Crippen LogP contribution is 2.36. The number of sulfonamides is 1. The maximum absolute atomic E-state index is 13.6. The van der Waals surface area contributed by atoms with Gasteiger partial charge in [-0.15, -0.1) is 3.77 Å². The summed E-state index contributed by atoms with van der Waals surface area (Å²) in [7, 11) is -5.81. The Bertz CT molecular complexity index is 1510. The number of rotatable bonds is 9. The molecule has 1 aliphatic rings. The smallest absolute Gasteiger partial charge is 0.311 e. The van der Waals surface area contributed by atoms with Gasteiger partial charge in [0, 0.05) is 5.75 Å². The van der Waals surface area contributed by atoms with Crippen LogP contribution in [0.2, 0.25) is 0 Å². The van der Waals surface area contributed by atoms with Crippen LogP contribution in [-0.4, -0.2) is 74.5 Å². The van der Waals surface area contributed by atoms with Crippen molar-refractivity contribution in [2.24, 2.45) is 25.4 Å². The zero-order chi connectivity index (χ0) is 37.9. The second-order valence-electron chi connectivity index (χ2n) is 16.3. The van der Waals surface area contributed by atoms with Crippen LogP contribution in [0.15, 0.2) is 32.9 Å². The Morgan fingerprint density at radius 2 is 1.10 bits per heavy atom. The Hall–Kier alpha value is -2.84. The van der Waals surface area contributed by atoms with Crippen molar-refractivity contribution in [3.05, 3.63) is 29.8 Å². The standard InChI is InChI=1S/C35H55NO11S2/c1-15-48(36-49(41,42)22-18-16-21(2)17-19-22)27-26(47-31(40)35(12,13)14)25(46-30(39)34(9,10)11)24(45-29(38)33(6,7)8)23(44-27)20-43-28(37)32(3,4)5/h16-19,23-27H,15,20H2,1-14H3/t23-,24-,25+,26-,27+,48?/m1/s1. The molecule has 1 fully saturated rings. The number of carbonyl (C=O) groups is 4. The van der Waals surface area contributed by atoms with Crippen molar-refractivity contribution in [1.82, 2.24) is 0 Å². The fourth-order valence-corrected chi connectivity index (χ4v) is 7.76. The average Bonchev–Trinajstić information content (AvgIpc) is 2.94. The maximum Gasteiger partial charge on any atom is 0.311 e. The minimum atomic E-state index is -4.26. The van der Waals surface area contributed by atoms with E-state index >= 15 is 0 Å². The van der Waals surface area contributed by atoms with Gasteiger partial charge in [0.05, 0.1) is 26.6 Å². The van der Waals surface area contributed by atoms with Gasteiger partial charge in [0.1, 0.15) is 12.7 Å². The van der Waals surface area contributed by atoms with Gasteiger partial charge >= 0.3 is 23.9 Å². The van der Waals surface area contributed by atoms with E-state index in [9.17, 15) is 27.6 Å². The molecule has 0 radical (unpaired) electrons. The summed E-state index contributed by atoms with van der Waals surface area (Å²) in [5, 5.41) is 0. The van der Waals surface area contributed by atoms with Crippen molar-refractivity contribution in [3.63, 3.8) is 0 Å². The van der Waals surface area contributed by atoms with E-state index in [4.69, 9.17) is 23.7 Å². The van der Waals surface area contributed by atoms with Crippen LogP contribution in [0, 0.1) is 28.6 Å². The van der Waals surface area contributed by atoms with Gasteiger partial charge in [0.25, 0.3) is 10.0 Å². The zero-order valence-electron chi connectivity index (χ0n) is 31.4. The molecule has 0 saturated carbocycles. The van der Waals surface area contributed by atoms with Crippen LogP contribution >= 0.6 is 0 Å². The molecule has 0 aromatic heterocycles. The SMILES string of the molecule is CC/S(=N\S(=O)(=O)c1ccc(C)cc1)[C@@H]1O[C@H](COC(=O)C(C)(C)C)[C@@H](OC(=O)C(C)(C)C)[C@H](OC(=O)C(C)(C)C)[C@H]1OC(=O)C(C)(C)C. The summed E-state index contributed by atoms with van der Waals surface area (Å²) in [4.78, 5) is 53.3. The molecule has 6 atom stereocenters. The van der Waals surface area contributed by atoms with Crippen molar-refractivity contribution in [2.75, 3.05) is 12.4 Å². The highest BCUT2D eigenvalue weighted by molar-refractivity contribution is 8.00. The number of nitrogens with zero attached hydrogens (tertiary/aromatic N) is 1. The Balaban J connectivity index is 2.91. The van der Waals surface area contributed by atoms with Crippen molar-refractivity contribution >= 4 is 44.6 Å². The lowest BCUT2D eigenvalue weighted by Crippen LogP contribution is -2.64. The van der Waals surface area contributed by atoms with Crippen LogP contribution in [0.4, 0.5) is 0 Å². The number of hydrogen-bond acceptors (Lipinski definition) is 11. The lowest BCUT2D eigenvalue weighted by atomic mass is 9.93. The lowest BCUT2D eigenvalue weighted by Gasteiger charge is -2.46. The van der Waals surface area contributed by atoms with E-state index < -0.39 is 103 Å². The van der Waals surface area contributed by atoms with Crippen LogP contribution in [-0.2, 0) is 63.6 Å². The van der Waals surface area contributed by atoms with E-state index in [1.54, 1.807) is 102 Å². The van der Waals surface area contributed by atoms with E-state index in [1.807, 2.05) is 6.92 Å². The number of esters is 4. The predicted molar refractivity (Wildman–Crippen MR) is 186 cm³/mol. The second-order valence-corrected chi connectivity index (χ2v) is 20.2. The molecule has 0 amide bonds. The van der Waals surface area contributed by atoms with Crippen molar-refractivity contribution in [1.29, 1.82) is 0 Å². The van der Waals surface area contributed by atoms with Gasteiger partial charge in [-0.3, -0.25) is 19.2 Å². The first-order valence-electron chi connectivity index (χ1n) is 16.3.